The second-order valence-corrected chi connectivity index (χ2v) is 5.54. The van der Waals surface area contributed by atoms with Crippen molar-refractivity contribution in [2.75, 3.05) is 11.9 Å². The van der Waals surface area contributed by atoms with E-state index in [2.05, 4.69) is 15.4 Å². The van der Waals surface area contributed by atoms with Crippen LogP contribution >= 0.6 is 0 Å². The molecule has 0 aliphatic heterocycles. The van der Waals surface area contributed by atoms with Gasteiger partial charge in [-0.25, -0.2) is 14.3 Å². The molecule has 3 rings (SSSR count). The number of allylic oxidation sites excluding steroid dienone is 1. The molecule has 6 heteroatoms. The third-order valence-corrected chi connectivity index (χ3v) is 3.85. The number of fused-ring (bicyclic) bond motifs is 1. The third kappa shape index (κ3) is 3.38. The van der Waals surface area contributed by atoms with Crippen LogP contribution in [0.25, 0.3) is 11.6 Å². The number of hydrogen-bond acceptors (Lipinski definition) is 5. The van der Waals surface area contributed by atoms with Gasteiger partial charge in [0.1, 0.15) is 11.8 Å². The molecule has 0 saturated carbocycles. The molecule has 0 radical (unpaired) electrons. The minimum Gasteiger partial charge on any atom is -0.462 e. The van der Waals surface area contributed by atoms with Gasteiger partial charge in [0.25, 0.3) is 0 Å². The molecule has 0 aliphatic rings. The molecule has 2 aromatic heterocycles. The van der Waals surface area contributed by atoms with Crippen LogP contribution in [0.2, 0.25) is 0 Å². The zero-order chi connectivity index (χ0) is 17.8. The third-order valence-electron chi connectivity index (χ3n) is 3.85. The first kappa shape index (κ1) is 16.7. The summed E-state index contributed by atoms with van der Waals surface area (Å²) in [6.45, 7) is 5.97. The number of hydrogen-bond donors (Lipinski definition) is 1. The molecule has 128 valence electrons. The fourth-order valence-electron chi connectivity index (χ4n) is 2.67. The molecule has 3 aromatic rings. The summed E-state index contributed by atoms with van der Waals surface area (Å²) in [7, 11) is 0. The van der Waals surface area contributed by atoms with E-state index in [4.69, 9.17) is 4.74 Å². The Labute approximate surface area is 146 Å². The van der Waals surface area contributed by atoms with Crippen LogP contribution in [0.4, 0.5) is 11.5 Å². The van der Waals surface area contributed by atoms with Crippen molar-refractivity contribution in [3.8, 4) is 0 Å². The van der Waals surface area contributed by atoms with Crippen LogP contribution in [0.5, 0.6) is 0 Å². The number of benzene rings is 1. The second-order valence-electron chi connectivity index (χ2n) is 5.54. The Morgan fingerprint density at radius 3 is 2.76 bits per heavy atom. The van der Waals surface area contributed by atoms with E-state index in [1.165, 1.54) is 6.33 Å². The lowest BCUT2D eigenvalue weighted by atomic mass is 10.2. The maximum Gasteiger partial charge on any atom is 0.340 e. The Balaban J connectivity index is 1.97. The first-order valence-electron chi connectivity index (χ1n) is 8.14. The zero-order valence-corrected chi connectivity index (χ0v) is 14.5. The predicted octanol–water partition coefficient (Wildman–Crippen LogP) is 3.99. The van der Waals surface area contributed by atoms with Crippen molar-refractivity contribution in [2.24, 2.45) is 0 Å². The normalized spacial score (nSPS) is 11.2. The summed E-state index contributed by atoms with van der Waals surface area (Å²) in [5.41, 5.74) is 4.07. The van der Waals surface area contributed by atoms with Crippen LogP contribution in [0.1, 0.15) is 35.3 Å². The number of rotatable bonds is 5. The molecular formula is C19H20N4O2. The molecule has 0 bridgehead atoms. The van der Waals surface area contributed by atoms with Crippen molar-refractivity contribution in [3.63, 3.8) is 0 Å². The van der Waals surface area contributed by atoms with Crippen molar-refractivity contribution >= 4 is 29.1 Å². The molecule has 0 saturated heterocycles. The number of nitrogens with one attached hydrogen (secondary N) is 1. The number of esters is 1. The Kier molecular flexibility index (Phi) is 4.79. The van der Waals surface area contributed by atoms with Gasteiger partial charge in [-0.2, -0.15) is 5.10 Å². The molecule has 6 nitrogen and oxygen atoms in total. The molecule has 1 N–H and O–H groups in total. The standard InChI is InChI=1S/C19H20N4O2/c1-4-6-14-7-9-15(10-8-14)22-18-17-13(3)16(19(24)25-5-2)11-23(17)21-12-20-18/h4,6-12H,5H2,1-3H3,(H,20,21,22)/b6-4+. The topological polar surface area (TPSA) is 68.5 Å². The highest BCUT2D eigenvalue weighted by Gasteiger charge is 2.18. The first-order chi connectivity index (χ1) is 12.1. The highest BCUT2D eigenvalue weighted by Crippen LogP contribution is 2.26. The van der Waals surface area contributed by atoms with E-state index in [0.717, 1.165) is 22.3 Å². The van der Waals surface area contributed by atoms with Gasteiger partial charge in [-0.15, -0.1) is 0 Å². The molecule has 0 fully saturated rings. The van der Waals surface area contributed by atoms with Gasteiger partial charge in [-0.1, -0.05) is 24.3 Å². The Morgan fingerprint density at radius 1 is 1.32 bits per heavy atom. The molecule has 1 aromatic carbocycles. The van der Waals surface area contributed by atoms with Gasteiger partial charge in [0.2, 0.25) is 0 Å². The molecular weight excluding hydrogens is 316 g/mol. The Bertz CT molecular complexity index is 926. The lowest BCUT2D eigenvalue weighted by Crippen LogP contribution is -2.04. The first-order valence-corrected chi connectivity index (χ1v) is 8.14. The minimum atomic E-state index is -0.354. The van der Waals surface area contributed by atoms with E-state index >= 15 is 0 Å². The van der Waals surface area contributed by atoms with Gasteiger partial charge in [0.15, 0.2) is 5.82 Å². The summed E-state index contributed by atoms with van der Waals surface area (Å²) in [5, 5.41) is 7.49. The number of anilines is 2. The molecule has 0 atom stereocenters. The molecule has 0 amide bonds. The highest BCUT2D eigenvalue weighted by molar-refractivity contribution is 5.95. The minimum absolute atomic E-state index is 0.333. The van der Waals surface area contributed by atoms with E-state index < -0.39 is 0 Å². The lowest BCUT2D eigenvalue weighted by molar-refractivity contribution is 0.0525. The van der Waals surface area contributed by atoms with Crippen molar-refractivity contribution in [2.45, 2.75) is 20.8 Å². The van der Waals surface area contributed by atoms with Crippen molar-refractivity contribution in [1.29, 1.82) is 0 Å². The quantitative estimate of drug-likeness (QED) is 0.714. The van der Waals surface area contributed by atoms with Crippen molar-refractivity contribution < 1.29 is 9.53 Å². The van der Waals surface area contributed by atoms with E-state index in [9.17, 15) is 4.79 Å². The number of carbonyl (C=O) groups is 1. The van der Waals surface area contributed by atoms with Gasteiger partial charge in [0.05, 0.1) is 12.2 Å². The number of nitrogens with zero attached hydrogens (tertiary/aromatic N) is 3. The zero-order valence-electron chi connectivity index (χ0n) is 14.5. The van der Waals surface area contributed by atoms with Crippen LogP contribution in [0.15, 0.2) is 42.9 Å². The number of aryl methyl sites for hydroxylation is 1. The summed E-state index contributed by atoms with van der Waals surface area (Å²) >= 11 is 0. The average molecular weight is 336 g/mol. The molecule has 0 unspecified atom stereocenters. The van der Waals surface area contributed by atoms with Gasteiger partial charge >= 0.3 is 5.97 Å². The SMILES string of the molecule is C/C=C/c1ccc(Nc2ncnn3cc(C(=O)OCC)c(C)c23)cc1. The molecule has 0 aliphatic carbocycles. The summed E-state index contributed by atoms with van der Waals surface area (Å²) in [5.74, 6) is 0.286. The Morgan fingerprint density at radius 2 is 2.08 bits per heavy atom. The van der Waals surface area contributed by atoms with Crippen LogP contribution < -0.4 is 5.32 Å². The fraction of sp³-hybridized carbons (Fsp3) is 0.211. The van der Waals surface area contributed by atoms with E-state index in [1.54, 1.807) is 17.6 Å². The van der Waals surface area contributed by atoms with Gasteiger partial charge < -0.3 is 10.1 Å². The van der Waals surface area contributed by atoms with Gasteiger partial charge in [0, 0.05) is 11.9 Å². The maximum absolute atomic E-state index is 12.1. The summed E-state index contributed by atoms with van der Waals surface area (Å²) in [6.07, 6.45) is 7.16. The smallest absolute Gasteiger partial charge is 0.340 e. The van der Waals surface area contributed by atoms with Crippen LogP contribution in [0.3, 0.4) is 0 Å². The molecule has 0 spiro atoms. The fourth-order valence-corrected chi connectivity index (χ4v) is 2.67. The van der Waals surface area contributed by atoms with E-state index in [0.29, 0.717) is 18.0 Å². The second kappa shape index (κ2) is 7.17. The molecule has 25 heavy (non-hydrogen) atoms. The number of carbonyl (C=O) groups excluding carboxylic acids is 1. The number of ether oxygens (including phenoxy) is 1. The van der Waals surface area contributed by atoms with Crippen LogP contribution in [-0.2, 0) is 4.74 Å². The summed E-state index contributed by atoms with van der Waals surface area (Å²) in [4.78, 5) is 16.4. The summed E-state index contributed by atoms with van der Waals surface area (Å²) < 4.78 is 6.75. The average Bonchev–Trinajstić information content (AvgIpc) is 2.95. The summed E-state index contributed by atoms with van der Waals surface area (Å²) in [6, 6.07) is 8.02. The largest absolute Gasteiger partial charge is 0.462 e. The van der Waals surface area contributed by atoms with Crippen molar-refractivity contribution in [1.82, 2.24) is 14.6 Å². The van der Waals surface area contributed by atoms with E-state index in [-0.39, 0.29) is 5.97 Å². The van der Waals surface area contributed by atoms with Gasteiger partial charge in [-0.3, -0.25) is 0 Å². The van der Waals surface area contributed by atoms with E-state index in [1.807, 2.05) is 50.3 Å². The monoisotopic (exact) mass is 336 g/mol. The van der Waals surface area contributed by atoms with Gasteiger partial charge in [-0.05, 0) is 44.0 Å². The maximum atomic E-state index is 12.1. The lowest BCUT2D eigenvalue weighted by Gasteiger charge is -2.08. The number of aromatic nitrogens is 3. The van der Waals surface area contributed by atoms with Crippen molar-refractivity contribution in [3.05, 3.63) is 59.6 Å². The molecule has 2 heterocycles. The van der Waals surface area contributed by atoms with Crippen LogP contribution in [-0.4, -0.2) is 27.2 Å². The highest BCUT2D eigenvalue weighted by atomic mass is 16.5. The van der Waals surface area contributed by atoms with Crippen LogP contribution in [0, 0.1) is 6.92 Å². The Hall–Kier alpha value is -3.15. The predicted molar refractivity (Wildman–Crippen MR) is 98.1 cm³/mol.